The van der Waals surface area contributed by atoms with Crippen LogP contribution in [0.25, 0.3) is 0 Å². The molecule has 0 radical (unpaired) electrons. The molecule has 33 heavy (non-hydrogen) atoms. The second-order valence-electron chi connectivity index (χ2n) is 8.18. The molecule has 6 nitrogen and oxygen atoms in total. The Labute approximate surface area is 192 Å². The highest BCUT2D eigenvalue weighted by atomic mass is 19.1. The zero-order valence-electron chi connectivity index (χ0n) is 18.2. The Bertz CT molecular complexity index is 1120. The minimum Gasteiger partial charge on any atom is -0.454 e. The SMILES string of the molecule is O=C(NC[C@H](c1ccc2c(c1)OCO2)N1CCN(c2ccccc2)CC1)c1ccccc1F. The van der Waals surface area contributed by atoms with E-state index in [4.69, 9.17) is 9.47 Å². The van der Waals surface area contributed by atoms with Gasteiger partial charge in [-0.2, -0.15) is 0 Å². The van der Waals surface area contributed by atoms with Crippen LogP contribution in [-0.2, 0) is 0 Å². The van der Waals surface area contributed by atoms with Gasteiger partial charge in [-0.25, -0.2) is 4.39 Å². The van der Waals surface area contributed by atoms with Gasteiger partial charge in [-0.1, -0.05) is 36.4 Å². The average Bonchev–Trinajstić information content (AvgIpc) is 3.33. The predicted octanol–water partition coefficient (Wildman–Crippen LogP) is 3.85. The summed E-state index contributed by atoms with van der Waals surface area (Å²) in [5.41, 5.74) is 2.29. The van der Waals surface area contributed by atoms with Crippen LogP contribution in [-0.4, -0.2) is 50.3 Å². The molecule has 0 aliphatic carbocycles. The van der Waals surface area contributed by atoms with E-state index in [2.05, 4.69) is 39.4 Å². The Hall–Kier alpha value is -3.58. The van der Waals surface area contributed by atoms with Crippen molar-refractivity contribution in [2.75, 3.05) is 44.4 Å². The first-order valence-corrected chi connectivity index (χ1v) is 11.2. The van der Waals surface area contributed by atoms with Crippen molar-refractivity contribution in [1.29, 1.82) is 0 Å². The van der Waals surface area contributed by atoms with Crippen LogP contribution in [0.3, 0.4) is 0 Å². The standard InChI is InChI=1S/C26H26FN3O3/c27-22-9-5-4-8-21(22)26(31)28-17-23(19-10-11-24-25(16-19)33-18-32-24)30-14-12-29(13-15-30)20-6-2-1-3-7-20/h1-11,16,23H,12-15,17-18H2,(H,28,31)/t23-/m1/s1. The van der Waals surface area contributed by atoms with E-state index in [-0.39, 0.29) is 18.4 Å². The summed E-state index contributed by atoms with van der Waals surface area (Å²) in [5.74, 6) is 0.496. The van der Waals surface area contributed by atoms with Crippen LogP contribution in [0.1, 0.15) is 22.0 Å². The molecule has 0 aromatic heterocycles. The van der Waals surface area contributed by atoms with Crippen molar-refractivity contribution < 1.29 is 18.7 Å². The molecular weight excluding hydrogens is 421 g/mol. The largest absolute Gasteiger partial charge is 0.454 e. The van der Waals surface area contributed by atoms with Crippen LogP contribution >= 0.6 is 0 Å². The first-order valence-electron chi connectivity index (χ1n) is 11.2. The number of amides is 1. The molecule has 2 aliphatic rings. The van der Waals surface area contributed by atoms with Gasteiger partial charge in [0.25, 0.3) is 5.91 Å². The minimum absolute atomic E-state index is 0.0517. The van der Waals surface area contributed by atoms with E-state index >= 15 is 0 Å². The first-order chi connectivity index (χ1) is 16.2. The van der Waals surface area contributed by atoms with Crippen molar-refractivity contribution in [3.8, 4) is 11.5 Å². The maximum Gasteiger partial charge on any atom is 0.254 e. The van der Waals surface area contributed by atoms with Crippen LogP contribution in [0.2, 0.25) is 0 Å². The quantitative estimate of drug-likeness (QED) is 0.622. The molecule has 1 amide bonds. The summed E-state index contributed by atoms with van der Waals surface area (Å²) in [7, 11) is 0. The molecule has 3 aromatic carbocycles. The fourth-order valence-corrected chi connectivity index (χ4v) is 4.44. The number of halogens is 1. The van der Waals surface area contributed by atoms with Crippen molar-refractivity contribution in [3.05, 3.63) is 89.7 Å². The number of benzene rings is 3. The van der Waals surface area contributed by atoms with Crippen molar-refractivity contribution in [1.82, 2.24) is 10.2 Å². The van der Waals surface area contributed by atoms with E-state index in [1.54, 1.807) is 12.1 Å². The van der Waals surface area contributed by atoms with Crippen LogP contribution in [0, 0.1) is 5.82 Å². The number of carbonyl (C=O) groups is 1. The van der Waals surface area contributed by atoms with Gasteiger partial charge in [0, 0.05) is 38.4 Å². The van der Waals surface area contributed by atoms with Crippen molar-refractivity contribution in [2.45, 2.75) is 6.04 Å². The Morgan fingerprint density at radius 3 is 2.42 bits per heavy atom. The van der Waals surface area contributed by atoms with Gasteiger partial charge < -0.3 is 19.7 Å². The number of hydrogen-bond donors (Lipinski definition) is 1. The molecular formula is C26H26FN3O3. The normalized spacial score (nSPS) is 16.5. The monoisotopic (exact) mass is 447 g/mol. The molecule has 170 valence electrons. The van der Waals surface area contributed by atoms with Gasteiger partial charge in [-0.15, -0.1) is 0 Å². The number of rotatable bonds is 6. The molecule has 1 saturated heterocycles. The topological polar surface area (TPSA) is 54.0 Å². The highest BCUT2D eigenvalue weighted by molar-refractivity contribution is 5.94. The van der Waals surface area contributed by atoms with E-state index in [9.17, 15) is 9.18 Å². The zero-order valence-corrected chi connectivity index (χ0v) is 18.2. The molecule has 2 heterocycles. The number of nitrogens with one attached hydrogen (secondary N) is 1. The fourth-order valence-electron chi connectivity index (χ4n) is 4.44. The second kappa shape index (κ2) is 9.50. The smallest absolute Gasteiger partial charge is 0.254 e. The molecule has 2 aliphatic heterocycles. The number of ether oxygens (including phenoxy) is 2. The number of hydrogen-bond acceptors (Lipinski definition) is 5. The lowest BCUT2D eigenvalue weighted by Crippen LogP contribution is -2.50. The predicted molar refractivity (Wildman–Crippen MR) is 124 cm³/mol. The van der Waals surface area contributed by atoms with Gasteiger partial charge >= 0.3 is 0 Å². The number of piperazine rings is 1. The van der Waals surface area contributed by atoms with Crippen LogP contribution in [0.4, 0.5) is 10.1 Å². The summed E-state index contributed by atoms with van der Waals surface area (Å²) in [5, 5.41) is 2.94. The Morgan fingerprint density at radius 1 is 0.909 bits per heavy atom. The molecule has 0 bridgehead atoms. The number of para-hydroxylation sites is 1. The third kappa shape index (κ3) is 4.64. The Morgan fingerprint density at radius 2 is 1.64 bits per heavy atom. The second-order valence-corrected chi connectivity index (χ2v) is 8.18. The summed E-state index contributed by atoms with van der Waals surface area (Å²) in [6.45, 7) is 4.01. The molecule has 5 rings (SSSR count). The van der Waals surface area contributed by atoms with Crippen molar-refractivity contribution in [2.24, 2.45) is 0 Å². The van der Waals surface area contributed by atoms with Gasteiger partial charge in [0.2, 0.25) is 6.79 Å². The molecule has 0 spiro atoms. The number of carbonyl (C=O) groups excluding carboxylic acids is 1. The summed E-state index contributed by atoms with van der Waals surface area (Å²) >= 11 is 0. The number of anilines is 1. The summed E-state index contributed by atoms with van der Waals surface area (Å²) < 4.78 is 25.1. The van der Waals surface area contributed by atoms with Crippen molar-refractivity contribution >= 4 is 11.6 Å². The zero-order chi connectivity index (χ0) is 22.6. The Kier molecular flexibility index (Phi) is 6.13. The van der Waals surface area contributed by atoms with E-state index in [0.717, 1.165) is 37.5 Å². The van der Waals surface area contributed by atoms with Crippen molar-refractivity contribution in [3.63, 3.8) is 0 Å². The lowest BCUT2D eigenvalue weighted by Gasteiger charge is -2.40. The third-order valence-corrected chi connectivity index (χ3v) is 6.23. The maximum absolute atomic E-state index is 14.1. The summed E-state index contributed by atoms with van der Waals surface area (Å²) in [4.78, 5) is 17.4. The summed E-state index contributed by atoms with van der Waals surface area (Å²) in [6.07, 6.45) is 0. The molecule has 1 atom stereocenters. The van der Waals surface area contributed by atoms with Gasteiger partial charge in [-0.3, -0.25) is 9.69 Å². The van der Waals surface area contributed by atoms with Crippen LogP contribution in [0.15, 0.2) is 72.8 Å². The lowest BCUT2D eigenvalue weighted by atomic mass is 10.0. The lowest BCUT2D eigenvalue weighted by molar-refractivity contribution is 0.0926. The summed E-state index contributed by atoms with van der Waals surface area (Å²) in [6, 6.07) is 22.2. The van der Waals surface area contributed by atoms with Crippen LogP contribution < -0.4 is 19.7 Å². The Balaban J connectivity index is 1.33. The first kappa shape index (κ1) is 21.3. The molecule has 1 N–H and O–H groups in total. The average molecular weight is 448 g/mol. The van der Waals surface area contributed by atoms with Crippen LogP contribution in [0.5, 0.6) is 11.5 Å². The molecule has 0 unspecified atom stereocenters. The highest BCUT2D eigenvalue weighted by Crippen LogP contribution is 2.35. The minimum atomic E-state index is -0.522. The van der Waals surface area contributed by atoms with Gasteiger partial charge in [0.15, 0.2) is 11.5 Å². The molecule has 7 heteroatoms. The third-order valence-electron chi connectivity index (χ3n) is 6.23. The molecule has 1 fully saturated rings. The van der Waals surface area contributed by atoms with E-state index < -0.39 is 11.7 Å². The van der Waals surface area contributed by atoms with Gasteiger partial charge in [0.1, 0.15) is 5.82 Å². The molecule has 0 saturated carbocycles. The van der Waals surface area contributed by atoms with E-state index in [1.807, 2.05) is 24.3 Å². The van der Waals surface area contributed by atoms with Gasteiger partial charge in [-0.05, 0) is 42.0 Å². The maximum atomic E-state index is 14.1. The van der Waals surface area contributed by atoms with Gasteiger partial charge in [0.05, 0.1) is 11.6 Å². The highest BCUT2D eigenvalue weighted by Gasteiger charge is 2.27. The van der Waals surface area contributed by atoms with E-state index in [0.29, 0.717) is 12.3 Å². The van der Waals surface area contributed by atoms with E-state index in [1.165, 1.54) is 17.8 Å². The molecule has 3 aromatic rings. The fraction of sp³-hybridized carbons (Fsp3) is 0.269. The number of nitrogens with zero attached hydrogens (tertiary/aromatic N) is 2. The number of fused-ring (bicyclic) bond motifs is 1.